The van der Waals surface area contributed by atoms with E-state index in [0.717, 1.165) is 31.0 Å². The average Bonchev–Trinajstić information content (AvgIpc) is 2.63. The topological polar surface area (TPSA) is 52.0 Å². The van der Waals surface area contributed by atoms with Crippen molar-refractivity contribution in [3.63, 3.8) is 0 Å². The average molecular weight is 378 g/mol. The molecule has 0 aromatic heterocycles. The minimum Gasteiger partial charge on any atom is -0.493 e. The van der Waals surface area contributed by atoms with Gasteiger partial charge < -0.3 is 19.7 Å². The van der Waals surface area contributed by atoms with Crippen molar-refractivity contribution in [2.45, 2.75) is 59.5 Å². The Hall–Kier alpha value is -1.75. The van der Waals surface area contributed by atoms with Crippen molar-refractivity contribution in [3.05, 3.63) is 23.3 Å². The first-order valence-electron chi connectivity index (χ1n) is 10.2. The molecule has 2 N–H and O–H groups in total. The highest BCUT2D eigenvalue weighted by Gasteiger charge is 2.39. The number of carbonyl (C=O) groups is 1. The minimum absolute atomic E-state index is 0.0864. The van der Waals surface area contributed by atoms with Crippen molar-refractivity contribution >= 4 is 5.91 Å². The third kappa shape index (κ3) is 4.95. The Morgan fingerprint density at radius 3 is 2.33 bits per heavy atom. The standard InChI is InChI=1S/C22H36N2O3/c1-8-24-10-9-16-12-18(26-6)19(27-7)13-17(16)22(24)21(15(4)5)23-20(25)11-14(2)3/h12-15,21-22H,8-11H2,1-7H3,(H,23,25)/p+1/t21-,22-/m1/s1. The van der Waals surface area contributed by atoms with Crippen molar-refractivity contribution in [1.29, 1.82) is 0 Å². The number of ether oxygens (including phenoxy) is 2. The summed E-state index contributed by atoms with van der Waals surface area (Å²) in [5.41, 5.74) is 2.58. The van der Waals surface area contributed by atoms with Gasteiger partial charge in [0.2, 0.25) is 5.91 Å². The summed E-state index contributed by atoms with van der Waals surface area (Å²) >= 11 is 0. The fraction of sp³-hybridized carbons (Fsp3) is 0.682. The fourth-order valence-electron chi connectivity index (χ4n) is 4.21. The molecule has 0 bridgehead atoms. The van der Waals surface area contributed by atoms with Gasteiger partial charge in [0.1, 0.15) is 6.04 Å². The molecule has 1 aromatic carbocycles. The van der Waals surface area contributed by atoms with Gasteiger partial charge in [0, 0.05) is 18.4 Å². The fourth-order valence-corrected chi connectivity index (χ4v) is 4.21. The zero-order chi connectivity index (χ0) is 20.1. The van der Waals surface area contributed by atoms with E-state index in [1.807, 2.05) is 0 Å². The van der Waals surface area contributed by atoms with Gasteiger partial charge in [0.15, 0.2) is 11.5 Å². The number of quaternary nitrogens is 1. The van der Waals surface area contributed by atoms with Crippen LogP contribution in [0.15, 0.2) is 12.1 Å². The number of hydrogen-bond acceptors (Lipinski definition) is 3. The Labute approximate surface area is 164 Å². The van der Waals surface area contributed by atoms with E-state index in [9.17, 15) is 4.79 Å². The molecule has 27 heavy (non-hydrogen) atoms. The molecule has 0 radical (unpaired) electrons. The number of benzene rings is 1. The Morgan fingerprint density at radius 1 is 1.19 bits per heavy atom. The number of amides is 1. The number of likely N-dealkylation sites (N-methyl/N-ethyl adjacent to an activating group) is 1. The van der Waals surface area contributed by atoms with E-state index in [4.69, 9.17) is 9.47 Å². The molecule has 1 aliphatic heterocycles. The quantitative estimate of drug-likeness (QED) is 0.731. The summed E-state index contributed by atoms with van der Waals surface area (Å²) in [4.78, 5) is 14.1. The van der Waals surface area contributed by atoms with Crippen LogP contribution < -0.4 is 19.7 Å². The van der Waals surface area contributed by atoms with Gasteiger partial charge >= 0.3 is 0 Å². The van der Waals surface area contributed by atoms with Crippen LogP contribution in [0.4, 0.5) is 0 Å². The second-order valence-corrected chi connectivity index (χ2v) is 8.33. The lowest BCUT2D eigenvalue weighted by molar-refractivity contribution is -0.934. The largest absolute Gasteiger partial charge is 0.493 e. The van der Waals surface area contributed by atoms with E-state index >= 15 is 0 Å². The Morgan fingerprint density at radius 2 is 1.81 bits per heavy atom. The molecule has 0 aliphatic carbocycles. The number of methoxy groups -OCH3 is 2. The van der Waals surface area contributed by atoms with Crippen molar-refractivity contribution in [2.24, 2.45) is 11.8 Å². The van der Waals surface area contributed by atoms with Crippen molar-refractivity contribution in [3.8, 4) is 11.5 Å². The van der Waals surface area contributed by atoms with Gasteiger partial charge in [0.05, 0.1) is 33.4 Å². The first kappa shape index (κ1) is 21.5. The predicted octanol–water partition coefficient (Wildman–Crippen LogP) is 2.39. The smallest absolute Gasteiger partial charge is 0.220 e. The highest BCUT2D eigenvalue weighted by atomic mass is 16.5. The Balaban J connectivity index is 2.46. The minimum atomic E-state index is 0.0864. The second kappa shape index (κ2) is 9.45. The number of carbonyl (C=O) groups excluding carboxylic acids is 1. The first-order valence-corrected chi connectivity index (χ1v) is 10.2. The molecule has 0 fully saturated rings. The van der Waals surface area contributed by atoms with E-state index in [0.29, 0.717) is 18.3 Å². The highest BCUT2D eigenvalue weighted by Crippen LogP contribution is 2.36. The number of hydrogen-bond donors (Lipinski definition) is 2. The molecular formula is C22H37N2O3+. The molecule has 1 amide bonds. The van der Waals surface area contributed by atoms with Crippen LogP contribution >= 0.6 is 0 Å². The molecule has 5 nitrogen and oxygen atoms in total. The summed E-state index contributed by atoms with van der Waals surface area (Å²) in [6.45, 7) is 12.9. The van der Waals surface area contributed by atoms with Crippen LogP contribution in [0.5, 0.6) is 11.5 Å². The third-order valence-corrected chi connectivity index (χ3v) is 5.59. The number of fused-ring (bicyclic) bond motifs is 1. The normalized spacial score (nSPS) is 20.3. The van der Waals surface area contributed by atoms with Crippen LogP contribution in [0.3, 0.4) is 0 Å². The maximum Gasteiger partial charge on any atom is 0.220 e. The van der Waals surface area contributed by atoms with E-state index in [-0.39, 0.29) is 18.0 Å². The molecule has 0 saturated heterocycles. The third-order valence-electron chi connectivity index (χ3n) is 5.59. The highest BCUT2D eigenvalue weighted by molar-refractivity contribution is 5.76. The monoisotopic (exact) mass is 377 g/mol. The second-order valence-electron chi connectivity index (χ2n) is 8.33. The summed E-state index contributed by atoms with van der Waals surface area (Å²) < 4.78 is 11.1. The molecule has 2 rings (SSSR count). The summed E-state index contributed by atoms with van der Waals surface area (Å²) in [5, 5.41) is 3.36. The summed E-state index contributed by atoms with van der Waals surface area (Å²) in [7, 11) is 3.36. The van der Waals surface area contributed by atoms with Gasteiger partial charge in [-0.2, -0.15) is 0 Å². The van der Waals surface area contributed by atoms with E-state index < -0.39 is 0 Å². The predicted molar refractivity (Wildman–Crippen MR) is 109 cm³/mol. The molecule has 3 atom stereocenters. The first-order chi connectivity index (χ1) is 12.8. The molecule has 1 unspecified atom stereocenters. The SMILES string of the molecule is CC[NH+]1CCc2cc(OC)c(OC)cc2[C@@H]1[C@H](NC(=O)CC(C)C)C(C)C. The van der Waals surface area contributed by atoms with Crippen LogP contribution in [-0.2, 0) is 11.2 Å². The molecule has 0 saturated carbocycles. The zero-order valence-corrected chi connectivity index (χ0v) is 18.0. The summed E-state index contributed by atoms with van der Waals surface area (Å²) in [6.07, 6.45) is 1.58. The molecule has 5 heteroatoms. The molecule has 152 valence electrons. The maximum atomic E-state index is 12.6. The lowest BCUT2D eigenvalue weighted by atomic mass is 9.83. The molecule has 1 aromatic rings. The number of rotatable bonds is 8. The van der Waals surface area contributed by atoms with Crippen molar-refractivity contribution in [1.82, 2.24) is 5.32 Å². The van der Waals surface area contributed by atoms with Gasteiger partial charge in [-0.25, -0.2) is 0 Å². The zero-order valence-electron chi connectivity index (χ0n) is 18.0. The lowest BCUT2D eigenvalue weighted by Gasteiger charge is -2.40. The van der Waals surface area contributed by atoms with Crippen molar-refractivity contribution in [2.75, 3.05) is 27.3 Å². The van der Waals surface area contributed by atoms with Crippen LogP contribution in [0, 0.1) is 11.8 Å². The molecule has 0 spiro atoms. The van der Waals surface area contributed by atoms with Gasteiger partial charge in [0.25, 0.3) is 0 Å². The summed E-state index contributed by atoms with van der Waals surface area (Å²) in [5.74, 6) is 2.38. The van der Waals surface area contributed by atoms with Crippen molar-refractivity contribution < 1.29 is 19.2 Å². The van der Waals surface area contributed by atoms with Gasteiger partial charge in [-0.1, -0.05) is 27.7 Å². The molecule has 1 heterocycles. The summed E-state index contributed by atoms with van der Waals surface area (Å²) in [6, 6.07) is 4.54. The maximum absolute atomic E-state index is 12.6. The Bertz CT molecular complexity index is 643. The lowest BCUT2D eigenvalue weighted by Crippen LogP contribution is -3.14. The van der Waals surface area contributed by atoms with Crippen LogP contribution in [0.2, 0.25) is 0 Å². The van der Waals surface area contributed by atoms with Gasteiger partial charge in [-0.3, -0.25) is 4.79 Å². The van der Waals surface area contributed by atoms with Gasteiger partial charge in [-0.05, 0) is 36.5 Å². The number of nitrogens with one attached hydrogen (secondary N) is 2. The van der Waals surface area contributed by atoms with E-state index in [1.165, 1.54) is 16.0 Å². The Kier molecular flexibility index (Phi) is 7.54. The van der Waals surface area contributed by atoms with Crippen LogP contribution in [-0.4, -0.2) is 39.3 Å². The van der Waals surface area contributed by atoms with E-state index in [1.54, 1.807) is 14.2 Å². The van der Waals surface area contributed by atoms with Crippen LogP contribution in [0.1, 0.15) is 58.2 Å². The van der Waals surface area contributed by atoms with Crippen LogP contribution in [0.25, 0.3) is 0 Å². The molecular weight excluding hydrogens is 340 g/mol. The molecule has 1 aliphatic rings. The van der Waals surface area contributed by atoms with E-state index in [2.05, 4.69) is 52.1 Å². The van der Waals surface area contributed by atoms with Gasteiger partial charge in [-0.15, -0.1) is 0 Å².